The van der Waals surface area contributed by atoms with Crippen molar-refractivity contribution in [1.29, 1.82) is 0 Å². The number of nitrogens with zero attached hydrogens (tertiary/aromatic N) is 6. The molecule has 0 saturated heterocycles. The Morgan fingerprint density at radius 3 is 1.17 bits per heavy atom. The van der Waals surface area contributed by atoms with Crippen LogP contribution in [0.3, 0.4) is 0 Å². The van der Waals surface area contributed by atoms with Crippen molar-refractivity contribution in [2.75, 3.05) is 0 Å². The molecule has 6 nitrogen and oxygen atoms in total. The highest BCUT2D eigenvalue weighted by molar-refractivity contribution is 5.17. The van der Waals surface area contributed by atoms with Crippen LogP contribution in [0.25, 0.3) is 0 Å². The number of pyridine rings is 2. The first-order valence-electron chi connectivity index (χ1n) is 15.9. The van der Waals surface area contributed by atoms with E-state index in [1.165, 1.54) is 11.1 Å². The van der Waals surface area contributed by atoms with Crippen LogP contribution in [0.4, 0.5) is 0 Å². The van der Waals surface area contributed by atoms with Gasteiger partial charge in [-0.15, -0.1) is 0 Å². The van der Waals surface area contributed by atoms with Gasteiger partial charge in [-0.2, -0.15) is 10.2 Å². The molecule has 0 spiro atoms. The van der Waals surface area contributed by atoms with Crippen LogP contribution >= 0.6 is 0 Å². The van der Waals surface area contributed by atoms with Gasteiger partial charge in [0.1, 0.15) is 5.82 Å². The van der Waals surface area contributed by atoms with Gasteiger partial charge in [-0.1, -0.05) is 128 Å². The number of rotatable bonds is 5. The molecule has 5 aromatic rings. The van der Waals surface area contributed by atoms with E-state index >= 15 is 0 Å². The van der Waals surface area contributed by atoms with Crippen LogP contribution in [0.15, 0.2) is 116 Å². The van der Waals surface area contributed by atoms with Crippen LogP contribution in [0.2, 0.25) is 0 Å². The maximum absolute atomic E-state index is 4.18. The quantitative estimate of drug-likeness (QED) is 0.188. The fraction of sp³-hybridized carbons (Fsp3) is 0.429. The molecule has 0 aliphatic carbocycles. The van der Waals surface area contributed by atoms with Gasteiger partial charge in [0.2, 0.25) is 0 Å². The van der Waals surface area contributed by atoms with Crippen LogP contribution < -0.4 is 0 Å². The summed E-state index contributed by atoms with van der Waals surface area (Å²) in [6.45, 7) is 21.4. The van der Waals surface area contributed by atoms with E-state index in [-0.39, 0.29) is 22.3 Å². The molecule has 0 fully saturated rings. The maximum atomic E-state index is 4.18. The van der Waals surface area contributed by atoms with Crippen LogP contribution in [-0.4, -0.2) is 30.1 Å². The second-order valence-electron chi connectivity index (χ2n) is 12.0. The highest BCUT2D eigenvalue weighted by Crippen LogP contribution is 2.12. The SMILES string of the molecule is C.C.C.CC(C)c1ccccc1.CC(C)c1ccccn1.CC(C)c1cccnn1.CC(C)c1ccncc1.CC(C)c1ncccn1. The van der Waals surface area contributed by atoms with Gasteiger partial charge in [-0.25, -0.2) is 9.97 Å². The molecule has 5 rings (SSSR count). The van der Waals surface area contributed by atoms with E-state index in [2.05, 4.69) is 124 Å². The average Bonchev–Trinajstić information content (AvgIpc) is 3.08. The standard InChI is InChI=1S/C9H12.2C8H11N.2C7H10N2.3CH4/c1-8(2)9-6-4-3-5-7-9;1-7(2)8-3-5-9-6-4-8;1-7(2)8-5-3-4-6-9-8;1-6(2)7-8-4-3-5-9-7;1-6(2)7-4-3-5-8-9-7;;;/h3-8H,1-2H3;2*3-7H,1-2H3;2*3-6H,1-2H3;3*1H4. The van der Waals surface area contributed by atoms with Crippen molar-refractivity contribution < 1.29 is 0 Å². The summed E-state index contributed by atoms with van der Waals surface area (Å²) in [7, 11) is 0. The fourth-order valence-electron chi connectivity index (χ4n) is 3.53. The number of benzene rings is 1. The third kappa shape index (κ3) is 22.2. The zero-order valence-corrected chi connectivity index (χ0v) is 29.0. The van der Waals surface area contributed by atoms with E-state index in [0.717, 1.165) is 17.2 Å². The zero-order valence-electron chi connectivity index (χ0n) is 29.0. The summed E-state index contributed by atoms with van der Waals surface area (Å²) in [5, 5.41) is 7.68. The van der Waals surface area contributed by atoms with Crippen molar-refractivity contribution in [3.63, 3.8) is 0 Å². The van der Waals surface area contributed by atoms with Gasteiger partial charge in [0.15, 0.2) is 0 Å². The first-order valence-corrected chi connectivity index (χ1v) is 15.9. The smallest absolute Gasteiger partial charge is 0.130 e. The van der Waals surface area contributed by atoms with Crippen LogP contribution in [0.5, 0.6) is 0 Å². The van der Waals surface area contributed by atoms with Crippen molar-refractivity contribution in [1.82, 2.24) is 30.1 Å². The van der Waals surface area contributed by atoms with Crippen molar-refractivity contribution in [3.05, 3.63) is 144 Å². The van der Waals surface area contributed by atoms with E-state index in [0.29, 0.717) is 29.6 Å². The Bertz CT molecular complexity index is 1090. The summed E-state index contributed by atoms with van der Waals surface area (Å²) in [6.07, 6.45) is 10.7. The first-order chi connectivity index (χ1) is 21.5. The van der Waals surface area contributed by atoms with Gasteiger partial charge >= 0.3 is 0 Å². The summed E-state index contributed by atoms with van der Waals surface area (Å²) in [6, 6.07) is 26.3. The van der Waals surface area contributed by atoms with Crippen molar-refractivity contribution in [2.45, 2.75) is 121 Å². The molecule has 0 aliphatic heterocycles. The summed E-state index contributed by atoms with van der Waals surface area (Å²) in [4.78, 5) is 16.2. The fourth-order valence-corrected chi connectivity index (χ4v) is 3.53. The normalized spacial score (nSPS) is 9.48. The number of aromatic nitrogens is 6. The molecule has 48 heavy (non-hydrogen) atoms. The monoisotopic (exact) mass is 655 g/mol. The molecular formula is C42H66N6. The Labute approximate surface area is 295 Å². The lowest BCUT2D eigenvalue weighted by Crippen LogP contribution is -1.93. The van der Waals surface area contributed by atoms with Gasteiger partial charge in [0.05, 0.1) is 5.69 Å². The second kappa shape index (κ2) is 28.9. The predicted molar refractivity (Wildman–Crippen MR) is 210 cm³/mol. The van der Waals surface area contributed by atoms with Gasteiger partial charge in [-0.3, -0.25) is 9.97 Å². The predicted octanol–water partition coefficient (Wildman–Crippen LogP) is 12.3. The van der Waals surface area contributed by atoms with Crippen LogP contribution in [0, 0.1) is 0 Å². The lowest BCUT2D eigenvalue weighted by atomic mass is 10.0. The van der Waals surface area contributed by atoms with E-state index in [1.54, 1.807) is 18.6 Å². The zero-order chi connectivity index (χ0) is 33.5. The van der Waals surface area contributed by atoms with E-state index in [4.69, 9.17) is 0 Å². The molecular weight excluding hydrogens is 589 g/mol. The average molecular weight is 655 g/mol. The van der Waals surface area contributed by atoms with E-state index in [9.17, 15) is 0 Å². The Balaban J connectivity index is -0.000000519. The van der Waals surface area contributed by atoms with Crippen molar-refractivity contribution in [2.24, 2.45) is 0 Å². The molecule has 4 aromatic heterocycles. The van der Waals surface area contributed by atoms with Gasteiger partial charge in [0, 0.05) is 48.8 Å². The molecule has 0 saturated carbocycles. The first kappa shape index (κ1) is 48.1. The third-order valence-corrected chi connectivity index (χ3v) is 6.40. The lowest BCUT2D eigenvalue weighted by Gasteiger charge is -2.01. The Hall–Kier alpha value is -4.32. The van der Waals surface area contributed by atoms with Gasteiger partial charge < -0.3 is 0 Å². The Kier molecular flexibility index (Phi) is 28.9. The molecule has 0 atom stereocenters. The minimum Gasteiger partial charge on any atom is -0.265 e. The molecule has 0 bridgehead atoms. The summed E-state index contributed by atoms with van der Waals surface area (Å²) in [5.41, 5.74) is 4.98. The lowest BCUT2D eigenvalue weighted by molar-refractivity contribution is 0.774. The van der Waals surface area contributed by atoms with Gasteiger partial charge in [0.25, 0.3) is 0 Å². The second-order valence-corrected chi connectivity index (χ2v) is 12.0. The molecule has 1 aromatic carbocycles. The minimum atomic E-state index is 0. The van der Waals surface area contributed by atoms with E-state index < -0.39 is 0 Å². The van der Waals surface area contributed by atoms with Crippen molar-refractivity contribution in [3.8, 4) is 0 Å². The molecule has 0 aliphatic rings. The molecule has 4 heterocycles. The highest BCUT2D eigenvalue weighted by Gasteiger charge is 1.98. The maximum Gasteiger partial charge on any atom is 0.130 e. The molecule has 0 amide bonds. The molecule has 0 N–H and O–H groups in total. The topological polar surface area (TPSA) is 77.3 Å². The number of hydrogen-bond acceptors (Lipinski definition) is 6. The van der Waals surface area contributed by atoms with Crippen LogP contribution in [0.1, 0.15) is 149 Å². The summed E-state index contributed by atoms with van der Waals surface area (Å²) < 4.78 is 0. The number of hydrogen-bond donors (Lipinski definition) is 0. The largest absolute Gasteiger partial charge is 0.265 e. The molecule has 264 valence electrons. The molecule has 6 heteroatoms. The highest BCUT2D eigenvalue weighted by atomic mass is 15.1. The van der Waals surface area contributed by atoms with Crippen LogP contribution in [-0.2, 0) is 0 Å². The third-order valence-electron chi connectivity index (χ3n) is 6.40. The summed E-state index contributed by atoms with van der Waals surface area (Å²) in [5.74, 6) is 3.66. The summed E-state index contributed by atoms with van der Waals surface area (Å²) >= 11 is 0. The van der Waals surface area contributed by atoms with E-state index in [1.807, 2.05) is 73.2 Å². The Morgan fingerprint density at radius 1 is 0.375 bits per heavy atom. The minimum absolute atomic E-state index is 0. The Morgan fingerprint density at radius 2 is 0.854 bits per heavy atom. The molecule has 0 unspecified atom stereocenters. The van der Waals surface area contributed by atoms with Crippen molar-refractivity contribution >= 4 is 0 Å². The van der Waals surface area contributed by atoms with Gasteiger partial charge in [-0.05, 0) is 77.3 Å². The molecule has 0 radical (unpaired) electrons.